The molecule has 0 radical (unpaired) electrons. The molecule has 1 N–H and O–H groups in total. The fraction of sp³-hybridized carbons (Fsp3) is 0.429. The fourth-order valence-electron chi connectivity index (χ4n) is 3.76. The third-order valence-electron chi connectivity index (χ3n) is 5.24. The Morgan fingerprint density at radius 3 is 2.79 bits per heavy atom. The Balaban J connectivity index is 1.77. The van der Waals surface area contributed by atoms with Crippen LogP contribution in [-0.2, 0) is 4.79 Å². The maximum Gasteiger partial charge on any atom is 0.267 e. The van der Waals surface area contributed by atoms with Crippen LogP contribution in [0.4, 0.5) is 5.82 Å². The quantitative estimate of drug-likeness (QED) is 0.575. The average Bonchev–Trinajstić information content (AvgIpc) is 3.30. The molecule has 2 aromatic heterocycles. The molecular weight excluding hydrogens is 404 g/mol. The summed E-state index contributed by atoms with van der Waals surface area (Å²) in [5, 5.41) is 3.28. The molecule has 3 heterocycles. The van der Waals surface area contributed by atoms with Crippen molar-refractivity contribution in [1.29, 1.82) is 0 Å². The predicted molar refractivity (Wildman–Crippen MR) is 122 cm³/mol. The SMILES string of the molecule is CC(C)CNc1nc2ccccn2c(=O)c1/C=C1/SC(=S)N(C2CCCC2)C1=O. The number of pyridine rings is 1. The van der Waals surface area contributed by atoms with Crippen LogP contribution in [-0.4, -0.2) is 37.1 Å². The topological polar surface area (TPSA) is 66.7 Å². The van der Waals surface area contributed by atoms with Crippen molar-refractivity contribution >= 4 is 51.7 Å². The first-order valence-corrected chi connectivity index (χ1v) is 11.2. The van der Waals surface area contributed by atoms with Gasteiger partial charge in [0.05, 0.1) is 10.5 Å². The van der Waals surface area contributed by atoms with Gasteiger partial charge in [-0.3, -0.25) is 18.9 Å². The van der Waals surface area contributed by atoms with E-state index in [0.717, 1.165) is 25.7 Å². The number of aromatic nitrogens is 2. The van der Waals surface area contributed by atoms with Crippen molar-refractivity contribution in [2.75, 3.05) is 11.9 Å². The van der Waals surface area contributed by atoms with Crippen molar-refractivity contribution in [2.24, 2.45) is 5.92 Å². The molecule has 1 saturated carbocycles. The molecule has 1 saturated heterocycles. The molecule has 6 nitrogen and oxygen atoms in total. The lowest BCUT2D eigenvalue weighted by Gasteiger charge is -2.21. The van der Waals surface area contributed by atoms with Gasteiger partial charge in [0.25, 0.3) is 11.5 Å². The predicted octanol–water partition coefficient (Wildman–Crippen LogP) is 3.91. The number of thioether (sulfide) groups is 1. The zero-order valence-corrected chi connectivity index (χ0v) is 18.2. The Hall–Kier alpha value is -2.19. The molecule has 0 unspecified atom stereocenters. The minimum atomic E-state index is -0.201. The van der Waals surface area contributed by atoms with Crippen molar-refractivity contribution in [2.45, 2.75) is 45.6 Å². The van der Waals surface area contributed by atoms with Crippen molar-refractivity contribution in [1.82, 2.24) is 14.3 Å². The number of nitrogens with zero attached hydrogens (tertiary/aromatic N) is 3. The molecule has 0 atom stereocenters. The molecule has 2 aliphatic rings. The molecule has 0 spiro atoms. The highest BCUT2D eigenvalue weighted by atomic mass is 32.2. The van der Waals surface area contributed by atoms with E-state index >= 15 is 0 Å². The number of hydrogen-bond acceptors (Lipinski definition) is 6. The number of carbonyl (C=O) groups excluding carboxylic acids is 1. The Morgan fingerprint density at radius 1 is 1.31 bits per heavy atom. The number of fused-ring (bicyclic) bond motifs is 1. The maximum absolute atomic E-state index is 13.2. The summed E-state index contributed by atoms with van der Waals surface area (Å²) in [5.41, 5.74) is 0.758. The molecule has 2 aromatic rings. The molecule has 0 aromatic carbocycles. The maximum atomic E-state index is 13.2. The first-order valence-electron chi connectivity index (χ1n) is 9.98. The summed E-state index contributed by atoms with van der Waals surface area (Å²) in [7, 11) is 0. The molecule has 1 aliphatic carbocycles. The molecular formula is C21H24N4O2S2. The number of thiocarbonyl (C=S) groups is 1. The second-order valence-corrected chi connectivity index (χ2v) is 9.55. The standard InChI is InChI=1S/C21H24N4O2S2/c1-13(2)12-22-18-15(19(26)24-10-6-5-9-17(24)23-18)11-16-20(27)25(21(28)29-16)14-7-3-4-8-14/h5-6,9-11,13-14,22H,3-4,7-8,12H2,1-2H3/b16-11+. The minimum absolute atomic E-state index is 0.0979. The van der Waals surface area contributed by atoms with Crippen LogP contribution in [0.5, 0.6) is 0 Å². The van der Waals surface area contributed by atoms with Crippen molar-refractivity contribution in [3.8, 4) is 0 Å². The van der Waals surface area contributed by atoms with Gasteiger partial charge < -0.3 is 5.32 Å². The van der Waals surface area contributed by atoms with E-state index < -0.39 is 0 Å². The van der Waals surface area contributed by atoms with Gasteiger partial charge in [0.15, 0.2) is 0 Å². The third-order valence-corrected chi connectivity index (χ3v) is 6.57. The number of hydrogen-bond donors (Lipinski definition) is 1. The van der Waals surface area contributed by atoms with E-state index in [1.165, 1.54) is 16.2 Å². The molecule has 4 rings (SSSR count). The van der Waals surface area contributed by atoms with Crippen LogP contribution in [0.3, 0.4) is 0 Å². The lowest BCUT2D eigenvalue weighted by molar-refractivity contribution is -0.123. The molecule has 1 amide bonds. The summed E-state index contributed by atoms with van der Waals surface area (Å²) < 4.78 is 2.09. The van der Waals surface area contributed by atoms with Gasteiger partial charge in [0, 0.05) is 18.8 Å². The average molecular weight is 429 g/mol. The smallest absolute Gasteiger partial charge is 0.267 e. The number of carbonyl (C=O) groups is 1. The van der Waals surface area contributed by atoms with Gasteiger partial charge in [-0.1, -0.05) is 56.7 Å². The van der Waals surface area contributed by atoms with Crippen LogP contribution in [0.25, 0.3) is 11.7 Å². The van der Waals surface area contributed by atoms with Gasteiger partial charge in [-0.15, -0.1) is 0 Å². The molecule has 2 fully saturated rings. The Kier molecular flexibility index (Phi) is 5.74. The van der Waals surface area contributed by atoms with Crippen molar-refractivity contribution < 1.29 is 4.79 Å². The van der Waals surface area contributed by atoms with E-state index in [1.54, 1.807) is 29.3 Å². The lowest BCUT2D eigenvalue weighted by Crippen LogP contribution is -2.36. The Morgan fingerprint density at radius 2 is 2.07 bits per heavy atom. The van der Waals surface area contributed by atoms with Crippen LogP contribution >= 0.6 is 24.0 Å². The normalized spacial score (nSPS) is 19.3. The highest BCUT2D eigenvalue weighted by Gasteiger charge is 2.38. The summed E-state index contributed by atoms with van der Waals surface area (Å²) in [5.74, 6) is 0.791. The zero-order chi connectivity index (χ0) is 20.5. The molecule has 0 bridgehead atoms. The van der Waals surface area contributed by atoms with Crippen LogP contribution < -0.4 is 10.9 Å². The van der Waals surface area contributed by atoms with E-state index in [0.29, 0.717) is 38.7 Å². The molecule has 8 heteroatoms. The third kappa shape index (κ3) is 3.96. The van der Waals surface area contributed by atoms with E-state index in [1.807, 2.05) is 6.07 Å². The summed E-state index contributed by atoms with van der Waals surface area (Å²) in [6.45, 7) is 4.86. The summed E-state index contributed by atoms with van der Waals surface area (Å²) in [6.07, 6.45) is 7.58. The Labute approximate surface area is 179 Å². The van der Waals surface area contributed by atoms with E-state index in [4.69, 9.17) is 12.2 Å². The molecule has 1 aliphatic heterocycles. The zero-order valence-electron chi connectivity index (χ0n) is 16.6. The Bertz CT molecular complexity index is 1050. The van der Waals surface area contributed by atoms with Crippen molar-refractivity contribution in [3.05, 3.63) is 45.2 Å². The largest absolute Gasteiger partial charge is 0.369 e. The fourth-order valence-corrected chi connectivity index (χ4v) is 5.14. The van der Waals surface area contributed by atoms with Crippen molar-refractivity contribution in [3.63, 3.8) is 0 Å². The van der Waals surface area contributed by atoms with Crippen LogP contribution in [0.15, 0.2) is 34.1 Å². The minimum Gasteiger partial charge on any atom is -0.369 e. The van der Waals surface area contributed by atoms with Gasteiger partial charge >= 0.3 is 0 Å². The van der Waals surface area contributed by atoms with E-state index in [9.17, 15) is 9.59 Å². The van der Waals surface area contributed by atoms with E-state index in [2.05, 4.69) is 24.1 Å². The summed E-state index contributed by atoms with van der Waals surface area (Å²) in [4.78, 5) is 33.1. The van der Waals surface area contributed by atoms with Gasteiger partial charge in [-0.05, 0) is 37.0 Å². The van der Waals surface area contributed by atoms with Gasteiger partial charge in [0.2, 0.25) is 0 Å². The van der Waals surface area contributed by atoms with Crippen LogP contribution in [0.1, 0.15) is 45.1 Å². The number of anilines is 1. The summed E-state index contributed by atoms with van der Waals surface area (Å²) in [6, 6.07) is 5.62. The van der Waals surface area contributed by atoms with E-state index in [-0.39, 0.29) is 17.5 Å². The number of amides is 1. The highest BCUT2D eigenvalue weighted by Crippen LogP contribution is 2.38. The first kappa shape index (κ1) is 20.1. The number of rotatable bonds is 5. The van der Waals surface area contributed by atoms with Crippen LogP contribution in [0.2, 0.25) is 0 Å². The first-order chi connectivity index (χ1) is 14.0. The second-order valence-electron chi connectivity index (χ2n) is 7.87. The summed E-state index contributed by atoms with van der Waals surface area (Å²) >= 11 is 6.76. The number of nitrogens with one attached hydrogen (secondary N) is 1. The molecule has 152 valence electrons. The molecule has 29 heavy (non-hydrogen) atoms. The monoisotopic (exact) mass is 428 g/mol. The second kappa shape index (κ2) is 8.28. The van der Waals surface area contributed by atoms with Gasteiger partial charge in [0.1, 0.15) is 15.8 Å². The van der Waals surface area contributed by atoms with Gasteiger partial charge in [-0.2, -0.15) is 0 Å². The lowest BCUT2D eigenvalue weighted by atomic mass is 10.2. The van der Waals surface area contributed by atoms with Gasteiger partial charge in [-0.25, -0.2) is 4.98 Å². The highest BCUT2D eigenvalue weighted by molar-refractivity contribution is 8.26. The van der Waals surface area contributed by atoms with Crippen LogP contribution in [0, 0.1) is 5.92 Å².